The summed E-state index contributed by atoms with van der Waals surface area (Å²) in [4.78, 5) is 0. The average molecular weight is 304 g/mol. The molecule has 1 atom stereocenters. The van der Waals surface area contributed by atoms with Crippen LogP contribution in [0.1, 0.15) is 38.5 Å². The van der Waals surface area contributed by atoms with E-state index < -0.39 is 0 Å². The molecular weight excluding hydrogens is 278 g/mol. The lowest BCUT2D eigenvalue weighted by molar-refractivity contribution is 0.304. The fourth-order valence-corrected chi connectivity index (χ4v) is 2.02. The summed E-state index contributed by atoms with van der Waals surface area (Å²) in [5, 5.41) is 0. The Balaban J connectivity index is 0.00000324. The summed E-state index contributed by atoms with van der Waals surface area (Å²) in [6.45, 7) is 0.820. The third-order valence-corrected chi connectivity index (χ3v) is 3.43. The van der Waals surface area contributed by atoms with Crippen LogP contribution in [0.3, 0.4) is 0 Å². The van der Waals surface area contributed by atoms with Crippen LogP contribution in [0.5, 0.6) is 5.75 Å². The van der Waals surface area contributed by atoms with Crippen molar-refractivity contribution in [2.24, 2.45) is 5.73 Å². The SMILES string of the molecule is Cl.N[C@@H](CS)CCCCCCCOc1ccccc1. The molecule has 1 rings (SSSR count). The van der Waals surface area contributed by atoms with Crippen LogP contribution < -0.4 is 10.5 Å². The number of hydrogen-bond donors (Lipinski definition) is 2. The summed E-state index contributed by atoms with van der Waals surface area (Å²) in [6, 6.07) is 10.3. The molecule has 1 aromatic carbocycles. The number of nitrogens with two attached hydrogens (primary N) is 1. The molecule has 0 aliphatic carbocycles. The van der Waals surface area contributed by atoms with Gasteiger partial charge in [0.15, 0.2) is 0 Å². The van der Waals surface area contributed by atoms with Gasteiger partial charge in [-0.1, -0.05) is 43.9 Å². The number of ether oxygens (including phenoxy) is 1. The summed E-state index contributed by atoms with van der Waals surface area (Å²) in [5.74, 6) is 1.77. The van der Waals surface area contributed by atoms with Gasteiger partial charge in [-0.25, -0.2) is 0 Å². The fourth-order valence-electron chi connectivity index (χ4n) is 1.84. The van der Waals surface area contributed by atoms with E-state index in [0.717, 1.165) is 31.0 Å². The van der Waals surface area contributed by atoms with E-state index in [4.69, 9.17) is 10.5 Å². The minimum atomic E-state index is 0. The molecule has 0 saturated heterocycles. The van der Waals surface area contributed by atoms with Gasteiger partial charge in [0.25, 0.3) is 0 Å². The molecule has 2 nitrogen and oxygen atoms in total. The number of para-hydroxylation sites is 1. The molecule has 0 aliphatic rings. The smallest absolute Gasteiger partial charge is 0.119 e. The van der Waals surface area contributed by atoms with Gasteiger partial charge in [0.05, 0.1) is 6.61 Å². The lowest BCUT2D eigenvalue weighted by Crippen LogP contribution is -2.21. The van der Waals surface area contributed by atoms with E-state index in [-0.39, 0.29) is 18.4 Å². The van der Waals surface area contributed by atoms with Crippen LogP contribution in [-0.2, 0) is 0 Å². The predicted octanol–water partition coefficient (Wildman–Crippen LogP) is 4.08. The molecule has 0 fully saturated rings. The summed E-state index contributed by atoms with van der Waals surface area (Å²) < 4.78 is 5.64. The maximum atomic E-state index is 5.80. The van der Waals surface area contributed by atoms with Gasteiger partial charge in [-0.15, -0.1) is 12.4 Å². The Bertz CT molecular complexity index is 297. The molecule has 1 aromatic rings. The maximum absolute atomic E-state index is 5.80. The first-order valence-corrected chi connectivity index (χ1v) is 7.50. The molecule has 0 radical (unpaired) electrons. The largest absolute Gasteiger partial charge is 0.494 e. The second-order valence-corrected chi connectivity index (χ2v) is 5.03. The Labute approximate surface area is 128 Å². The molecule has 0 aromatic heterocycles. The van der Waals surface area contributed by atoms with E-state index in [0.29, 0.717) is 0 Å². The van der Waals surface area contributed by atoms with Crippen molar-refractivity contribution in [1.29, 1.82) is 0 Å². The van der Waals surface area contributed by atoms with Crippen molar-refractivity contribution >= 4 is 25.0 Å². The molecule has 4 heteroatoms. The average Bonchev–Trinajstić information content (AvgIpc) is 2.42. The van der Waals surface area contributed by atoms with Gasteiger partial charge >= 0.3 is 0 Å². The number of rotatable bonds is 10. The lowest BCUT2D eigenvalue weighted by atomic mass is 10.1. The van der Waals surface area contributed by atoms with Gasteiger partial charge in [-0.05, 0) is 25.0 Å². The summed E-state index contributed by atoms with van der Waals surface area (Å²) in [5.41, 5.74) is 5.80. The van der Waals surface area contributed by atoms with Crippen molar-refractivity contribution in [2.75, 3.05) is 12.4 Å². The Morgan fingerprint density at radius 2 is 1.63 bits per heavy atom. The van der Waals surface area contributed by atoms with Crippen LogP contribution >= 0.6 is 25.0 Å². The molecule has 0 spiro atoms. The van der Waals surface area contributed by atoms with E-state index in [2.05, 4.69) is 12.6 Å². The van der Waals surface area contributed by atoms with Crippen molar-refractivity contribution < 1.29 is 4.74 Å². The van der Waals surface area contributed by atoms with Crippen molar-refractivity contribution in [3.05, 3.63) is 30.3 Å². The molecule has 2 N–H and O–H groups in total. The highest BCUT2D eigenvalue weighted by Crippen LogP contribution is 2.11. The molecule has 0 amide bonds. The minimum Gasteiger partial charge on any atom is -0.494 e. The monoisotopic (exact) mass is 303 g/mol. The van der Waals surface area contributed by atoms with Crippen molar-refractivity contribution in [2.45, 2.75) is 44.6 Å². The van der Waals surface area contributed by atoms with E-state index in [1.165, 1.54) is 25.7 Å². The van der Waals surface area contributed by atoms with E-state index >= 15 is 0 Å². The summed E-state index contributed by atoms with van der Waals surface area (Å²) in [6.07, 6.45) is 7.24. The van der Waals surface area contributed by atoms with E-state index in [1.807, 2.05) is 30.3 Å². The first-order chi connectivity index (χ1) is 8.83. The standard InChI is InChI=1S/C15H25NOS.ClH/c16-14(13-18)9-5-2-1-3-8-12-17-15-10-6-4-7-11-15;/h4,6-7,10-11,14,18H,1-3,5,8-9,12-13,16H2;1H/t14-;/m1./s1. The molecule has 0 saturated carbocycles. The van der Waals surface area contributed by atoms with Gasteiger partial charge in [0.2, 0.25) is 0 Å². The van der Waals surface area contributed by atoms with Gasteiger partial charge < -0.3 is 10.5 Å². The van der Waals surface area contributed by atoms with Gasteiger partial charge in [-0.2, -0.15) is 12.6 Å². The first kappa shape index (κ1) is 18.6. The molecule has 0 bridgehead atoms. The molecule has 110 valence electrons. The van der Waals surface area contributed by atoms with Crippen molar-refractivity contribution in [3.8, 4) is 5.75 Å². The van der Waals surface area contributed by atoms with Crippen molar-refractivity contribution in [3.63, 3.8) is 0 Å². The van der Waals surface area contributed by atoms with E-state index in [9.17, 15) is 0 Å². The third kappa shape index (κ3) is 10.1. The number of halogens is 1. The lowest BCUT2D eigenvalue weighted by Gasteiger charge is -2.08. The highest BCUT2D eigenvalue weighted by Gasteiger charge is 1.98. The van der Waals surface area contributed by atoms with Crippen LogP contribution in [0.25, 0.3) is 0 Å². The highest BCUT2D eigenvalue weighted by molar-refractivity contribution is 7.80. The minimum absolute atomic E-state index is 0. The number of hydrogen-bond acceptors (Lipinski definition) is 3. The Kier molecular flexibility index (Phi) is 12.4. The summed E-state index contributed by atoms with van der Waals surface area (Å²) in [7, 11) is 0. The zero-order valence-corrected chi connectivity index (χ0v) is 13.2. The van der Waals surface area contributed by atoms with Crippen LogP contribution in [0.4, 0.5) is 0 Å². The highest BCUT2D eigenvalue weighted by atomic mass is 35.5. The van der Waals surface area contributed by atoms with Gasteiger partial charge in [0, 0.05) is 11.8 Å². The predicted molar refractivity (Wildman–Crippen MR) is 88.7 cm³/mol. The van der Waals surface area contributed by atoms with Crippen LogP contribution in [-0.4, -0.2) is 18.4 Å². The molecular formula is C15H26ClNOS. The Morgan fingerprint density at radius 1 is 1.00 bits per heavy atom. The molecule has 0 unspecified atom stereocenters. The number of benzene rings is 1. The molecule has 0 heterocycles. The second-order valence-electron chi connectivity index (χ2n) is 4.66. The van der Waals surface area contributed by atoms with E-state index in [1.54, 1.807) is 0 Å². The topological polar surface area (TPSA) is 35.2 Å². The number of thiol groups is 1. The van der Waals surface area contributed by atoms with Crippen LogP contribution in [0.15, 0.2) is 30.3 Å². The van der Waals surface area contributed by atoms with Gasteiger partial charge in [0.1, 0.15) is 5.75 Å². The van der Waals surface area contributed by atoms with Gasteiger partial charge in [-0.3, -0.25) is 0 Å². The first-order valence-electron chi connectivity index (χ1n) is 6.87. The summed E-state index contributed by atoms with van der Waals surface area (Å²) >= 11 is 4.18. The third-order valence-electron chi connectivity index (χ3n) is 2.97. The van der Waals surface area contributed by atoms with Crippen molar-refractivity contribution in [1.82, 2.24) is 0 Å². The maximum Gasteiger partial charge on any atom is 0.119 e. The second kappa shape index (κ2) is 12.6. The fraction of sp³-hybridized carbons (Fsp3) is 0.600. The molecule has 19 heavy (non-hydrogen) atoms. The Morgan fingerprint density at radius 3 is 2.32 bits per heavy atom. The normalized spacial score (nSPS) is 11.7. The quantitative estimate of drug-likeness (QED) is 0.504. The Hall–Kier alpha value is -0.380. The number of unbranched alkanes of at least 4 members (excludes halogenated alkanes) is 4. The molecule has 0 aliphatic heterocycles. The zero-order chi connectivity index (χ0) is 13.1. The van der Waals surface area contributed by atoms with Crippen LogP contribution in [0.2, 0.25) is 0 Å². The zero-order valence-electron chi connectivity index (χ0n) is 11.5. The van der Waals surface area contributed by atoms with Crippen LogP contribution in [0, 0.1) is 0 Å².